The largest absolute Gasteiger partial charge is 0.376 e. The van der Waals surface area contributed by atoms with E-state index in [1.165, 1.54) is 42.5 Å². The quantitative estimate of drug-likeness (QED) is 0.502. The fraction of sp³-hybridized carbons (Fsp3) is 0.500. The number of ether oxygens (including phenoxy) is 1. The van der Waals surface area contributed by atoms with Crippen molar-refractivity contribution in [2.24, 2.45) is 0 Å². The van der Waals surface area contributed by atoms with E-state index in [9.17, 15) is 0 Å². The van der Waals surface area contributed by atoms with Crippen molar-refractivity contribution in [1.82, 2.24) is 19.9 Å². The Bertz CT molecular complexity index is 1060. The van der Waals surface area contributed by atoms with E-state index in [-0.39, 0.29) is 6.10 Å². The lowest BCUT2D eigenvalue weighted by molar-refractivity contribution is 0.00370. The Kier molecular flexibility index (Phi) is 7.26. The number of benzene rings is 2. The van der Waals surface area contributed by atoms with Crippen LogP contribution in [-0.4, -0.2) is 58.8 Å². The maximum atomic E-state index is 5.86. The van der Waals surface area contributed by atoms with Crippen molar-refractivity contribution in [3.8, 4) is 11.3 Å². The highest BCUT2D eigenvalue weighted by atomic mass is 16.5. The third kappa shape index (κ3) is 5.50. The lowest BCUT2D eigenvalue weighted by atomic mass is 10.0. The minimum atomic E-state index is 0.263. The molecule has 3 aromatic rings. The Morgan fingerprint density at radius 1 is 1.06 bits per heavy atom. The highest BCUT2D eigenvalue weighted by Crippen LogP contribution is 2.29. The summed E-state index contributed by atoms with van der Waals surface area (Å²) in [6, 6.07) is 18.1. The van der Waals surface area contributed by atoms with E-state index in [4.69, 9.17) is 4.74 Å². The highest BCUT2D eigenvalue weighted by Gasteiger charge is 2.24. The molecule has 2 fully saturated rings. The summed E-state index contributed by atoms with van der Waals surface area (Å²) < 4.78 is 7.81. The van der Waals surface area contributed by atoms with E-state index in [2.05, 4.69) is 88.8 Å². The number of piperidine rings is 1. The zero-order valence-corrected chi connectivity index (χ0v) is 20.6. The topological polar surface area (TPSA) is 46.4 Å². The first-order valence-corrected chi connectivity index (χ1v) is 12.8. The molecule has 0 N–H and O–H groups in total. The molecular weight excluding hydrogens is 422 g/mol. The van der Waals surface area contributed by atoms with Crippen LogP contribution in [0.1, 0.15) is 43.2 Å². The number of anilines is 1. The lowest BCUT2D eigenvalue weighted by Crippen LogP contribution is -2.46. The molecule has 5 rings (SSSR count). The molecule has 0 bridgehead atoms. The van der Waals surface area contributed by atoms with Crippen LogP contribution >= 0.6 is 0 Å². The first kappa shape index (κ1) is 23.1. The molecule has 2 unspecified atom stereocenters. The van der Waals surface area contributed by atoms with Gasteiger partial charge < -0.3 is 9.64 Å². The van der Waals surface area contributed by atoms with Crippen molar-refractivity contribution in [3.63, 3.8) is 0 Å². The second-order valence-corrected chi connectivity index (χ2v) is 9.96. The second-order valence-electron chi connectivity index (χ2n) is 9.96. The van der Waals surface area contributed by atoms with Gasteiger partial charge in [-0.1, -0.05) is 41.6 Å². The summed E-state index contributed by atoms with van der Waals surface area (Å²) in [5.41, 5.74) is 6.04. The standard InChI is InChI=1S/C28H37N5O/c1-22-17-24(32-15-8-11-25(19-32)31(2)18-23-9-4-3-5-10-23)13-14-27(22)28-21-33(30-29-28)20-26-12-6-7-16-34-26/h3-5,9-10,13-14,17,21,25-26H,6-8,11-12,15-16,18-20H2,1-2H3. The molecule has 0 spiro atoms. The van der Waals surface area contributed by atoms with Crippen molar-refractivity contribution in [2.45, 2.75) is 64.3 Å². The molecule has 6 nitrogen and oxygen atoms in total. The van der Waals surface area contributed by atoms with E-state index in [1.54, 1.807) is 0 Å². The van der Waals surface area contributed by atoms with Crippen LogP contribution < -0.4 is 4.90 Å². The average Bonchev–Trinajstić information content (AvgIpc) is 3.33. The van der Waals surface area contributed by atoms with Gasteiger partial charge in [0.25, 0.3) is 0 Å². The Morgan fingerprint density at radius 2 is 1.94 bits per heavy atom. The summed E-state index contributed by atoms with van der Waals surface area (Å²) in [4.78, 5) is 5.06. The molecule has 0 amide bonds. The third-order valence-corrected chi connectivity index (χ3v) is 7.35. The van der Waals surface area contributed by atoms with E-state index in [1.807, 2.05) is 4.68 Å². The molecule has 180 valence electrons. The number of hydrogen-bond donors (Lipinski definition) is 0. The number of aryl methyl sites for hydroxylation is 1. The van der Waals surface area contributed by atoms with Crippen LogP contribution in [0.3, 0.4) is 0 Å². The fourth-order valence-electron chi connectivity index (χ4n) is 5.35. The number of nitrogens with zero attached hydrogens (tertiary/aromatic N) is 5. The average molecular weight is 460 g/mol. The maximum absolute atomic E-state index is 5.86. The van der Waals surface area contributed by atoms with Gasteiger partial charge in [-0.3, -0.25) is 4.90 Å². The molecule has 2 aliphatic rings. The first-order chi connectivity index (χ1) is 16.7. The summed E-state index contributed by atoms with van der Waals surface area (Å²) in [6.07, 6.45) is 8.33. The second kappa shape index (κ2) is 10.7. The zero-order valence-electron chi connectivity index (χ0n) is 20.6. The van der Waals surface area contributed by atoms with Gasteiger partial charge in [0.2, 0.25) is 0 Å². The van der Waals surface area contributed by atoms with Crippen LogP contribution in [0.25, 0.3) is 11.3 Å². The van der Waals surface area contributed by atoms with Crippen LogP contribution in [0.15, 0.2) is 54.7 Å². The third-order valence-electron chi connectivity index (χ3n) is 7.35. The van der Waals surface area contributed by atoms with Gasteiger partial charge in [-0.25, -0.2) is 4.68 Å². The molecule has 0 aliphatic carbocycles. The van der Waals surface area contributed by atoms with Crippen LogP contribution in [0.4, 0.5) is 5.69 Å². The summed E-state index contributed by atoms with van der Waals surface area (Å²) in [5, 5.41) is 8.84. The summed E-state index contributed by atoms with van der Waals surface area (Å²) in [7, 11) is 2.26. The normalized spacial score (nSPS) is 21.2. The summed E-state index contributed by atoms with van der Waals surface area (Å²) in [6.45, 7) is 7.03. The van der Waals surface area contributed by atoms with E-state index < -0.39 is 0 Å². The van der Waals surface area contributed by atoms with Crippen molar-refractivity contribution in [2.75, 3.05) is 31.6 Å². The maximum Gasteiger partial charge on any atom is 0.113 e. The van der Waals surface area contributed by atoms with Crippen LogP contribution in [0.2, 0.25) is 0 Å². The van der Waals surface area contributed by atoms with Gasteiger partial charge >= 0.3 is 0 Å². The monoisotopic (exact) mass is 459 g/mol. The smallest absolute Gasteiger partial charge is 0.113 e. The molecule has 2 saturated heterocycles. The minimum Gasteiger partial charge on any atom is -0.376 e. The van der Waals surface area contributed by atoms with Gasteiger partial charge in [0.05, 0.1) is 18.8 Å². The zero-order chi connectivity index (χ0) is 23.3. The Balaban J connectivity index is 1.23. The van der Waals surface area contributed by atoms with E-state index in [0.717, 1.165) is 50.5 Å². The van der Waals surface area contributed by atoms with Crippen molar-refractivity contribution < 1.29 is 4.74 Å². The lowest BCUT2D eigenvalue weighted by Gasteiger charge is -2.39. The Morgan fingerprint density at radius 3 is 2.74 bits per heavy atom. The molecular formula is C28H37N5O. The van der Waals surface area contributed by atoms with Gasteiger partial charge in [-0.15, -0.1) is 5.10 Å². The van der Waals surface area contributed by atoms with Crippen LogP contribution in [-0.2, 0) is 17.8 Å². The van der Waals surface area contributed by atoms with Crippen molar-refractivity contribution in [3.05, 3.63) is 65.9 Å². The number of rotatable bonds is 7. The number of hydrogen-bond acceptors (Lipinski definition) is 5. The first-order valence-electron chi connectivity index (χ1n) is 12.8. The molecule has 0 radical (unpaired) electrons. The highest BCUT2D eigenvalue weighted by molar-refractivity contribution is 5.67. The van der Waals surface area contributed by atoms with Gasteiger partial charge in [0.15, 0.2) is 0 Å². The van der Waals surface area contributed by atoms with Gasteiger partial charge in [0.1, 0.15) is 5.69 Å². The molecule has 34 heavy (non-hydrogen) atoms. The van der Waals surface area contributed by atoms with Gasteiger partial charge in [-0.2, -0.15) is 0 Å². The molecule has 3 heterocycles. The van der Waals surface area contributed by atoms with Gasteiger partial charge in [0, 0.05) is 43.5 Å². The molecule has 2 aliphatic heterocycles. The Hall–Kier alpha value is -2.70. The number of aromatic nitrogens is 3. The molecule has 2 aromatic carbocycles. The molecule has 6 heteroatoms. The minimum absolute atomic E-state index is 0.263. The van der Waals surface area contributed by atoms with Gasteiger partial charge in [-0.05, 0) is 69.3 Å². The van der Waals surface area contributed by atoms with Crippen LogP contribution in [0, 0.1) is 6.92 Å². The van der Waals surface area contributed by atoms with E-state index in [0.29, 0.717) is 6.04 Å². The van der Waals surface area contributed by atoms with Crippen LogP contribution in [0.5, 0.6) is 0 Å². The SMILES string of the molecule is Cc1cc(N2CCCC(N(C)Cc3ccccc3)C2)ccc1-c1cn(CC2CCCCO2)nn1. The fourth-order valence-corrected chi connectivity index (χ4v) is 5.35. The van der Waals surface area contributed by atoms with Crippen molar-refractivity contribution in [1.29, 1.82) is 0 Å². The predicted octanol–water partition coefficient (Wildman–Crippen LogP) is 4.92. The van der Waals surface area contributed by atoms with Crippen molar-refractivity contribution >= 4 is 5.69 Å². The molecule has 2 atom stereocenters. The summed E-state index contributed by atoms with van der Waals surface area (Å²) >= 11 is 0. The van der Waals surface area contributed by atoms with E-state index >= 15 is 0 Å². The number of likely N-dealkylation sites (N-methyl/N-ethyl adjacent to an activating group) is 1. The molecule has 1 aromatic heterocycles. The summed E-state index contributed by atoms with van der Waals surface area (Å²) in [5.74, 6) is 0. The predicted molar refractivity (Wildman–Crippen MR) is 137 cm³/mol. The molecule has 0 saturated carbocycles. The Labute approximate surface area is 203 Å².